The molecule has 0 saturated carbocycles. The summed E-state index contributed by atoms with van der Waals surface area (Å²) < 4.78 is 35.1. The Hall–Kier alpha value is -3.46. The van der Waals surface area contributed by atoms with Crippen LogP contribution < -0.4 is 9.46 Å². The molecule has 0 spiro atoms. The molecule has 0 bridgehead atoms. The number of benzene rings is 2. The van der Waals surface area contributed by atoms with Crippen LogP contribution in [0.15, 0.2) is 59.1 Å². The zero-order valence-electron chi connectivity index (χ0n) is 15.9. The van der Waals surface area contributed by atoms with Gasteiger partial charge in [-0.3, -0.25) is 9.40 Å². The summed E-state index contributed by atoms with van der Waals surface area (Å²) in [7, 11) is -2.16. The van der Waals surface area contributed by atoms with Gasteiger partial charge in [0.25, 0.3) is 10.0 Å². The van der Waals surface area contributed by atoms with E-state index in [0.717, 1.165) is 17.0 Å². The summed E-state index contributed by atoms with van der Waals surface area (Å²) in [5, 5.41) is 21.6. The number of aromatic nitrogens is 4. The molecule has 0 aliphatic heterocycles. The van der Waals surface area contributed by atoms with Crippen LogP contribution in [0.5, 0.6) is 11.5 Å². The average molecular weight is 473 g/mol. The number of nitriles is 1. The molecule has 1 N–H and O–H groups in total. The first-order chi connectivity index (χ1) is 14.9. The van der Waals surface area contributed by atoms with E-state index in [9.17, 15) is 13.7 Å². The second-order valence-electron chi connectivity index (χ2n) is 6.20. The Balaban J connectivity index is 1.70. The summed E-state index contributed by atoms with van der Waals surface area (Å²) in [5.41, 5.74) is 2.88. The molecule has 4 aromatic rings. The maximum atomic E-state index is 12.6. The lowest BCUT2D eigenvalue weighted by Gasteiger charge is -2.14. The van der Waals surface area contributed by atoms with E-state index in [2.05, 4.69) is 20.0 Å². The topological polar surface area (TPSA) is 123 Å². The zero-order chi connectivity index (χ0) is 22.0. The van der Waals surface area contributed by atoms with Gasteiger partial charge >= 0.3 is 0 Å². The van der Waals surface area contributed by atoms with Gasteiger partial charge in [0, 0.05) is 23.8 Å². The van der Waals surface area contributed by atoms with Crippen LogP contribution in [0.3, 0.4) is 0 Å². The molecular weight excluding hydrogens is 460 g/mol. The predicted octanol–water partition coefficient (Wildman–Crippen LogP) is 4.06. The van der Waals surface area contributed by atoms with Crippen molar-refractivity contribution in [3.63, 3.8) is 0 Å². The van der Waals surface area contributed by atoms with Crippen LogP contribution in [-0.2, 0) is 17.1 Å². The Morgan fingerprint density at radius 3 is 2.68 bits per heavy atom. The Morgan fingerprint density at radius 2 is 2.00 bits per heavy atom. The van der Waals surface area contributed by atoms with Gasteiger partial charge in [0.05, 0.1) is 16.2 Å². The van der Waals surface area contributed by atoms with Gasteiger partial charge in [-0.05, 0) is 42.5 Å². The molecule has 12 heteroatoms. The average Bonchev–Trinajstić information content (AvgIpc) is 3.40. The van der Waals surface area contributed by atoms with Gasteiger partial charge in [-0.15, -0.1) is 10.2 Å². The maximum absolute atomic E-state index is 12.6. The lowest BCUT2D eigenvalue weighted by Crippen LogP contribution is -2.13. The van der Waals surface area contributed by atoms with E-state index >= 15 is 0 Å². The Bertz CT molecular complexity index is 1390. The first kappa shape index (κ1) is 20.8. The molecular formula is C19H13ClN6O3S2. The predicted molar refractivity (Wildman–Crippen MR) is 116 cm³/mol. The van der Waals surface area contributed by atoms with Gasteiger partial charge in [-0.25, -0.2) is 8.42 Å². The van der Waals surface area contributed by atoms with Crippen LogP contribution in [-0.4, -0.2) is 28.4 Å². The summed E-state index contributed by atoms with van der Waals surface area (Å²) in [6.07, 6.45) is 1.64. The number of nitrogens with one attached hydrogen (secondary N) is 1. The number of rotatable bonds is 6. The fourth-order valence-corrected chi connectivity index (χ4v) is 4.68. The molecule has 9 nitrogen and oxygen atoms in total. The van der Waals surface area contributed by atoms with Crippen molar-refractivity contribution in [2.24, 2.45) is 7.05 Å². The van der Waals surface area contributed by atoms with Gasteiger partial charge in [-0.2, -0.15) is 10.4 Å². The minimum atomic E-state index is -3.94. The number of aryl methyl sites for hydroxylation is 1. The van der Waals surface area contributed by atoms with Crippen molar-refractivity contribution in [3.05, 3.63) is 64.8 Å². The molecule has 4 rings (SSSR count). The fraction of sp³-hybridized carbons (Fsp3) is 0.0526. The van der Waals surface area contributed by atoms with Crippen molar-refractivity contribution in [2.45, 2.75) is 4.90 Å². The van der Waals surface area contributed by atoms with E-state index in [1.165, 1.54) is 23.7 Å². The van der Waals surface area contributed by atoms with E-state index < -0.39 is 10.0 Å². The van der Waals surface area contributed by atoms with Gasteiger partial charge in [0.2, 0.25) is 5.13 Å². The van der Waals surface area contributed by atoms with E-state index in [1.807, 2.05) is 6.07 Å². The van der Waals surface area contributed by atoms with Gasteiger partial charge in [-0.1, -0.05) is 22.9 Å². The molecule has 2 aromatic heterocycles. The molecule has 0 unspecified atom stereocenters. The molecule has 156 valence electrons. The van der Waals surface area contributed by atoms with Crippen LogP contribution in [0.4, 0.5) is 5.13 Å². The summed E-state index contributed by atoms with van der Waals surface area (Å²) in [4.78, 5) is -0.102. The summed E-state index contributed by atoms with van der Waals surface area (Å²) in [6.45, 7) is 0. The zero-order valence-corrected chi connectivity index (χ0v) is 18.2. The van der Waals surface area contributed by atoms with E-state index in [4.69, 9.17) is 16.3 Å². The third-order valence-electron chi connectivity index (χ3n) is 4.22. The molecule has 2 heterocycles. The third-order valence-corrected chi connectivity index (χ3v) is 6.53. The number of nitrogens with zero attached hydrogens (tertiary/aromatic N) is 5. The minimum absolute atomic E-state index is 0.0473. The first-order valence-electron chi connectivity index (χ1n) is 8.66. The number of halogens is 1. The lowest BCUT2D eigenvalue weighted by molar-refractivity contribution is 0.481. The standard InChI is InChI=1S/C19H13ClN6O3S2/c1-26-16(6-7-23-26)15-9-13(20)2-4-18(15)29-17-5-3-14(8-12(17)10-21)31(27,28)25-19-24-22-11-30-19/h2-9,11H,1H3,(H,24,25). The largest absolute Gasteiger partial charge is 0.455 e. The summed E-state index contributed by atoms with van der Waals surface area (Å²) in [5.74, 6) is 0.634. The molecule has 0 fully saturated rings. The third kappa shape index (κ3) is 4.36. The van der Waals surface area contributed by atoms with Gasteiger partial charge in [0.1, 0.15) is 23.1 Å². The van der Waals surface area contributed by atoms with Crippen molar-refractivity contribution >= 4 is 38.1 Å². The molecule has 0 saturated heterocycles. The highest BCUT2D eigenvalue weighted by atomic mass is 35.5. The molecule has 2 aromatic carbocycles. The monoisotopic (exact) mass is 472 g/mol. The highest BCUT2D eigenvalue weighted by Crippen LogP contribution is 2.36. The number of anilines is 1. The van der Waals surface area contributed by atoms with Crippen molar-refractivity contribution in [1.82, 2.24) is 20.0 Å². The molecule has 0 atom stereocenters. The fourth-order valence-electron chi connectivity index (χ4n) is 2.79. The van der Waals surface area contributed by atoms with Crippen LogP contribution in [0.2, 0.25) is 5.02 Å². The van der Waals surface area contributed by atoms with Crippen LogP contribution in [0, 0.1) is 11.3 Å². The normalized spacial score (nSPS) is 11.1. The first-order valence-corrected chi connectivity index (χ1v) is 11.4. The smallest absolute Gasteiger partial charge is 0.263 e. The highest BCUT2D eigenvalue weighted by molar-refractivity contribution is 7.93. The number of ether oxygens (including phenoxy) is 1. The van der Waals surface area contributed by atoms with Crippen molar-refractivity contribution in [3.8, 4) is 28.8 Å². The maximum Gasteiger partial charge on any atom is 0.263 e. The molecule has 0 amide bonds. The molecule has 0 aliphatic carbocycles. The second kappa shape index (κ2) is 8.35. The van der Waals surface area contributed by atoms with Gasteiger partial charge in [0.15, 0.2) is 0 Å². The Morgan fingerprint density at radius 1 is 1.19 bits per heavy atom. The SMILES string of the molecule is Cn1nccc1-c1cc(Cl)ccc1Oc1ccc(S(=O)(=O)Nc2nncs2)cc1C#N. The quantitative estimate of drug-likeness (QED) is 0.448. The van der Waals surface area contributed by atoms with E-state index in [-0.39, 0.29) is 21.3 Å². The van der Waals surface area contributed by atoms with Crippen LogP contribution in [0.1, 0.15) is 5.56 Å². The van der Waals surface area contributed by atoms with E-state index in [1.54, 1.807) is 42.2 Å². The Kier molecular flexibility index (Phi) is 5.60. The highest BCUT2D eigenvalue weighted by Gasteiger charge is 2.19. The van der Waals surface area contributed by atoms with Crippen LogP contribution in [0.25, 0.3) is 11.3 Å². The van der Waals surface area contributed by atoms with Gasteiger partial charge < -0.3 is 4.74 Å². The molecule has 0 radical (unpaired) electrons. The number of hydrogen-bond acceptors (Lipinski definition) is 8. The lowest BCUT2D eigenvalue weighted by atomic mass is 10.1. The van der Waals surface area contributed by atoms with Crippen LogP contribution >= 0.6 is 22.9 Å². The van der Waals surface area contributed by atoms with Crippen molar-refractivity contribution in [2.75, 3.05) is 4.72 Å². The van der Waals surface area contributed by atoms with Crippen molar-refractivity contribution < 1.29 is 13.2 Å². The van der Waals surface area contributed by atoms with E-state index in [0.29, 0.717) is 16.3 Å². The number of hydrogen-bond donors (Lipinski definition) is 1. The Labute approximate surface area is 186 Å². The summed E-state index contributed by atoms with van der Waals surface area (Å²) >= 11 is 7.20. The molecule has 0 aliphatic rings. The van der Waals surface area contributed by atoms with Crippen molar-refractivity contribution in [1.29, 1.82) is 5.26 Å². The number of sulfonamides is 1. The second-order valence-corrected chi connectivity index (χ2v) is 9.15. The summed E-state index contributed by atoms with van der Waals surface area (Å²) in [6, 6.07) is 12.8. The molecule has 31 heavy (non-hydrogen) atoms. The minimum Gasteiger partial charge on any atom is -0.455 e.